The number of anilines is 2. The van der Waals surface area contributed by atoms with Crippen LogP contribution < -0.4 is 10.9 Å². The molecule has 2 aromatic carbocycles. The van der Waals surface area contributed by atoms with Crippen molar-refractivity contribution < 1.29 is 4.42 Å². The summed E-state index contributed by atoms with van der Waals surface area (Å²) in [5, 5.41) is 9.19. The molecule has 1 unspecified atom stereocenters. The molecule has 8 heteroatoms. The SMILES string of the molecule is O=c1oc2ccccc2c2c1C(c1ccc(Cl)cc1Cl)n1ncnc1N2. The van der Waals surface area contributed by atoms with Gasteiger partial charge in [0, 0.05) is 21.0 Å². The van der Waals surface area contributed by atoms with E-state index in [0.717, 1.165) is 5.39 Å². The van der Waals surface area contributed by atoms with E-state index < -0.39 is 11.7 Å². The third kappa shape index (κ3) is 2.16. The first kappa shape index (κ1) is 15.4. The van der Waals surface area contributed by atoms with Gasteiger partial charge in [0.2, 0.25) is 5.95 Å². The Kier molecular flexibility index (Phi) is 3.32. The lowest BCUT2D eigenvalue weighted by molar-refractivity contribution is 0.516. The fraction of sp³-hybridized carbons (Fsp3) is 0.0556. The van der Waals surface area contributed by atoms with Gasteiger partial charge in [-0.15, -0.1) is 0 Å². The Bertz CT molecular complexity index is 1230. The molecule has 0 saturated heterocycles. The molecular weight excluding hydrogens is 375 g/mol. The standard InChI is InChI=1S/C18H10Cl2N4O2/c19-9-5-6-10(12(20)7-9)16-14-15(23-18-21-8-22-24(16)18)11-3-1-2-4-13(11)26-17(14)25/h1-8,16H,(H,21,22,23). The summed E-state index contributed by atoms with van der Waals surface area (Å²) in [4.78, 5) is 17.1. The molecule has 0 spiro atoms. The van der Waals surface area contributed by atoms with Gasteiger partial charge in [-0.25, -0.2) is 9.48 Å². The Morgan fingerprint density at radius 1 is 1.15 bits per heavy atom. The number of rotatable bonds is 1. The molecule has 26 heavy (non-hydrogen) atoms. The lowest BCUT2D eigenvalue weighted by Gasteiger charge is -2.27. The van der Waals surface area contributed by atoms with Gasteiger partial charge in [-0.2, -0.15) is 10.1 Å². The minimum Gasteiger partial charge on any atom is -0.422 e. The maximum Gasteiger partial charge on any atom is 0.344 e. The van der Waals surface area contributed by atoms with Crippen molar-refractivity contribution in [2.24, 2.45) is 0 Å². The van der Waals surface area contributed by atoms with E-state index in [4.69, 9.17) is 27.6 Å². The van der Waals surface area contributed by atoms with E-state index in [1.54, 1.807) is 28.9 Å². The first-order valence-electron chi connectivity index (χ1n) is 7.80. The minimum atomic E-state index is -0.575. The molecule has 128 valence electrons. The number of halogens is 2. The lowest BCUT2D eigenvalue weighted by atomic mass is 9.96. The molecule has 3 heterocycles. The number of fused-ring (bicyclic) bond motifs is 4. The normalized spacial score (nSPS) is 15.4. The summed E-state index contributed by atoms with van der Waals surface area (Å²) in [5.41, 5.74) is 1.80. The molecule has 0 amide bonds. The van der Waals surface area contributed by atoms with Crippen molar-refractivity contribution in [3.63, 3.8) is 0 Å². The average molecular weight is 385 g/mol. The summed E-state index contributed by atoms with van der Waals surface area (Å²) < 4.78 is 7.15. The quantitative estimate of drug-likeness (QED) is 0.434. The van der Waals surface area contributed by atoms with Crippen LogP contribution in [0.3, 0.4) is 0 Å². The fourth-order valence-electron chi connectivity index (χ4n) is 3.32. The Balaban J connectivity index is 1.88. The molecule has 0 radical (unpaired) electrons. The van der Waals surface area contributed by atoms with E-state index in [1.807, 2.05) is 18.2 Å². The number of nitrogens with zero attached hydrogens (tertiary/aromatic N) is 3. The number of para-hydroxylation sites is 1. The third-order valence-electron chi connectivity index (χ3n) is 4.43. The van der Waals surface area contributed by atoms with E-state index in [1.165, 1.54) is 6.33 Å². The molecule has 4 aromatic rings. The molecule has 0 bridgehead atoms. The van der Waals surface area contributed by atoms with Gasteiger partial charge in [-0.1, -0.05) is 41.4 Å². The van der Waals surface area contributed by atoms with Crippen LogP contribution in [0.5, 0.6) is 0 Å². The molecule has 6 nitrogen and oxygen atoms in total. The molecule has 5 rings (SSSR count). The van der Waals surface area contributed by atoms with Gasteiger partial charge in [-0.05, 0) is 24.3 Å². The van der Waals surface area contributed by atoms with Gasteiger partial charge in [0.05, 0.1) is 11.3 Å². The number of hydrogen-bond acceptors (Lipinski definition) is 5. The monoisotopic (exact) mass is 384 g/mol. The van der Waals surface area contributed by atoms with Crippen LogP contribution in [-0.4, -0.2) is 14.8 Å². The highest BCUT2D eigenvalue weighted by molar-refractivity contribution is 6.35. The highest BCUT2D eigenvalue weighted by atomic mass is 35.5. The molecule has 0 fully saturated rings. The second kappa shape index (κ2) is 5.59. The molecule has 2 aromatic heterocycles. The van der Waals surface area contributed by atoms with Crippen molar-refractivity contribution >= 4 is 45.8 Å². The Hall–Kier alpha value is -2.83. The van der Waals surface area contributed by atoms with Crippen LogP contribution >= 0.6 is 23.2 Å². The molecule has 1 N–H and O–H groups in total. The Morgan fingerprint density at radius 2 is 2.00 bits per heavy atom. The minimum absolute atomic E-state index is 0.422. The summed E-state index contributed by atoms with van der Waals surface area (Å²) in [6.07, 6.45) is 1.43. The maximum absolute atomic E-state index is 12.8. The number of aromatic nitrogens is 3. The smallest absolute Gasteiger partial charge is 0.344 e. The lowest BCUT2D eigenvalue weighted by Crippen LogP contribution is -2.28. The van der Waals surface area contributed by atoms with E-state index >= 15 is 0 Å². The zero-order valence-corrected chi connectivity index (χ0v) is 14.6. The van der Waals surface area contributed by atoms with Gasteiger partial charge >= 0.3 is 5.63 Å². The predicted molar refractivity (Wildman–Crippen MR) is 99.5 cm³/mol. The summed E-state index contributed by atoms with van der Waals surface area (Å²) >= 11 is 12.5. The van der Waals surface area contributed by atoms with Crippen molar-refractivity contribution in [2.45, 2.75) is 6.04 Å². The van der Waals surface area contributed by atoms with Crippen LogP contribution in [0, 0.1) is 0 Å². The third-order valence-corrected chi connectivity index (χ3v) is 5.00. The van der Waals surface area contributed by atoms with Crippen molar-refractivity contribution in [2.75, 3.05) is 5.32 Å². The first-order chi connectivity index (χ1) is 12.6. The summed E-state index contributed by atoms with van der Waals surface area (Å²) in [6, 6.07) is 11.9. The van der Waals surface area contributed by atoms with E-state index in [-0.39, 0.29) is 0 Å². The number of hydrogen-bond donors (Lipinski definition) is 1. The van der Waals surface area contributed by atoms with Gasteiger partial charge < -0.3 is 9.73 Å². The maximum atomic E-state index is 12.8. The Morgan fingerprint density at radius 3 is 2.85 bits per heavy atom. The highest BCUT2D eigenvalue weighted by Crippen LogP contribution is 2.42. The van der Waals surface area contributed by atoms with E-state index in [9.17, 15) is 4.79 Å². The van der Waals surface area contributed by atoms with Gasteiger partial charge in [-0.3, -0.25) is 0 Å². The predicted octanol–water partition coefficient (Wildman–Crippen LogP) is 4.39. The van der Waals surface area contributed by atoms with E-state index in [0.29, 0.717) is 38.4 Å². The van der Waals surface area contributed by atoms with Crippen LogP contribution in [0.2, 0.25) is 10.0 Å². The Labute approximate surface area is 157 Å². The van der Waals surface area contributed by atoms with Gasteiger partial charge in [0.15, 0.2) is 0 Å². The molecule has 1 aliphatic rings. The molecule has 0 aliphatic carbocycles. The zero-order valence-electron chi connectivity index (χ0n) is 13.1. The summed E-state index contributed by atoms with van der Waals surface area (Å²) in [7, 11) is 0. The van der Waals surface area contributed by atoms with Gasteiger partial charge in [0.25, 0.3) is 0 Å². The second-order valence-electron chi connectivity index (χ2n) is 5.90. The average Bonchev–Trinajstić information content (AvgIpc) is 3.09. The molecule has 1 atom stereocenters. The molecular formula is C18H10Cl2N4O2. The zero-order chi connectivity index (χ0) is 17.8. The second-order valence-corrected chi connectivity index (χ2v) is 6.74. The summed E-state index contributed by atoms with van der Waals surface area (Å²) in [5.74, 6) is 0.518. The fourth-order valence-corrected chi connectivity index (χ4v) is 3.83. The van der Waals surface area contributed by atoms with Crippen LogP contribution in [0.1, 0.15) is 17.2 Å². The van der Waals surface area contributed by atoms with Crippen molar-refractivity contribution in [3.8, 4) is 0 Å². The highest BCUT2D eigenvalue weighted by Gasteiger charge is 2.34. The molecule has 1 aliphatic heterocycles. The van der Waals surface area contributed by atoms with Crippen LogP contribution in [0.25, 0.3) is 11.0 Å². The van der Waals surface area contributed by atoms with Crippen molar-refractivity contribution in [1.82, 2.24) is 14.8 Å². The van der Waals surface area contributed by atoms with Gasteiger partial charge in [0.1, 0.15) is 18.0 Å². The number of nitrogens with one attached hydrogen (secondary N) is 1. The van der Waals surface area contributed by atoms with E-state index in [2.05, 4.69) is 15.4 Å². The topological polar surface area (TPSA) is 73.0 Å². The molecule has 0 saturated carbocycles. The van der Waals surface area contributed by atoms with Crippen LogP contribution in [0.4, 0.5) is 11.6 Å². The van der Waals surface area contributed by atoms with Crippen LogP contribution in [0.15, 0.2) is 58.0 Å². The van der Waals surface area contributed by atoms with Crippen molar-refractivity contribution in [1.29, 1.82) is 0 Å². The van der Waals surface area contributed by atoms with Crippen LogP contribution in [-0.2, 0) is 0 Å². The van der Waals surface area contributed by atoms with Crippen molar-refractivity contribution in [3.05, 3.63) is 80.4 Å². The number of benzene rings is 2. The largest absolute Gasteiger partial charge is 0.422 e. The first-order valence-corrected chi connectivity index (χ1v) is 8.56. The summed E-state index contributed by atoms with van der Waals surface area (Å²) in [6.45, 7) is 0.